The molecule has 2 aliphatic heterocycles. The number of fused-ring (bicyclic) bond motifs is 1. The third-order valence-corrected chi connectivity index (χ3v) is 8.52. The van der Waals surface area contributed by atoms with Crippen LogP contribution in [0.15, 0.2) is 0 Å². The smallest absolute Gasteiger partial charge is 0.300 e. The molecule has 0 saturated carbocycles. The molecule has 0 aliphatic carbocycles. The lowest BCUT2D eigenvalue weighted by Crippen LogP contribution is -2.48. The highest BCUT2D eigenvalue weighted by Crippen LogP contribution is 2.63. The molecule has 2 aliphatic rings. The van der Waals surface area contributed by atoms with Crippen molar-refractivity contribution in [3.05, 3.63) is 0 Å². The van der Waals surface area contributed by atoms with Crippen molar-refractivity contribution in [2.75, 3.05) is 18.8 Å². The zero-order chi connectivity index (χ0) is 16.2. The lowest BCUT2D eigenvalue weighted by atomic mass is 9.85. The molecule has 0 aromatic carbocycles. The van der Waals surface area contributed by atoms with Crippen molar-refractivity contribution in [1.82, 2.24) is 4.90 Å². The summed E-state index contributed by atoms with van der Waals surface area (Å²) in [5.74, 6) is 1.51. The normalized spacial score (nSPS) is 27.4. The number of hydrogen-bond donors (Lipinski definition) is 0. The molecule has 2 unspecified atom stereocenters. The van der Waals surface area contributed by atoms with Crippen molar-refractivity contribution in [3.63, 3.8) is 0 Å². The molecule has 130 valence electrons. The van der Waals surface area contributed by atoms with Crippen molar-refractivity contribution in [1.29, 1.82) is 0 Å². The number of rotatable bonds is 7. The Morgan fingerprint density at radius 1 is 1.05 bits per heavy atom. The van der Waals surface area contributed by atoms with Gasteiger partial charge in [0.15, 0.2) is 0 Å². The van der Waals surface area contributed by atoms with E-state index in [0.717, 1.165) is 5.75 Å². The van der Waals surface area contributed by atoms with Crippen LogP contribution in [0, 0.1) is 5.92 Å². The Balaban J connectivity index is 1.94. The zero-order valence-corrected chi connectivity index (χ0v) is 16.2. The van der Waals surface area contributed by atoms with E-state index >= 15 is 0 Å². The number of hydrogen-bond acceptors (Lipinski definition) is 5. The molecule has 0 amide bonds. The summed E-state index contributed by atoms with van der Waals surface area (Å²) < 4.78 is 24.3. The first-order valence-corrected chi connectivity index (χ1v) is 11.9. The van der Waals surface area contributed by atoms with Crippen LogP contribution in [0.5, 0.6) is 0 Å². The Morgan fingerprint density at radius 2 is 1.68 bits per heavy atom. The summed E-state index contributed by atoms with van der Waals surface area (Å²) in [5.41, 5.74) is 0. The van der Waals surface area contributed by atoms with Gasteiger partial charge in [0.2, 0.25) is 0 Å². The molecule has 6 heteroatoms. The molecule has 2 saturated heterocycles. The van der Waals surface area contributed by atoms with Gasteiger partial charge in [0.05, 0.1) is 12.2 Å². The Bertz CT molecular complexity index is 376. The molecule has 0 aromatic heterocycles. The van der Waals surface area contributed by atoms with Gasteiger partial charge in [-0.05, 0) is 83.8 Å². The van der Waals surface area contributed by atoms with Gasteiger partial charge in [0.25, 0.3) is 0 Å². The van der Waals surface area contributed by atoms with Crippen molar-refractivity contribution in [2.24, 2.45) is 5.92 Å². The van der Waals surface area contributed by atoms with E-state index in [4.69, 9.17) is 9.05 Å². The molecule has 0 bridgehead atoms. The fourth-order valence-electron chi connectivity index (χ4n) is 3.56. The van der Waals surface area contributed by atoms with Crippen molar-refractivity contribution in [3.8, 4) is 0 Å². The fourth-order valence-corrected chi connectivity index (χ4v) is 8.05. The lowest BCUT2D eigenvalue weighted by Gasteiger charge is -2.44. The van der Waals surface area contributed by atoms with E-state index in [1.54, 1.807) is 0 Å². The van der Waals surface area contributed by atoms with Crippen LogP contribution in [-0.2, 0) is 13.6 Å². The van der Waals surface area contributed by atoms with Crippen LogP contribution in [-0.4, -0.2) is 42.0 Å². The molecule has 0 aromatic rings. The van der Waals surface area contributed by atoms with Gasteiger partial charge in [0, 0.05) is 11.8 Å². The van der Waals surface area contributed by atoms with Crippen LogP contribution in [0.2, 0.25) is 0 Å². The molecule has 0 spiro atoms. The van der Waals surface area contributed by atoms with Crippen molar-refractivity contribution >= 4 is 18.2 Å². The first kappa shape index (κ1) is 18.8. The standard InChI is InChI=1S/C16H32NO3PS/c1-13(2)19-21(18,20-14(3)4)22-12-15-8-7-11-17-10-6-5-9-16(15)17/h13-16H,5-12H2,1-4H3. The maximum Gasteiger partial charge on any atom is 0.389 e. The highest BCUT2D eigenvalue weighted by Gasteiger charge is 2.36. The molecule has 2 fully saturated rings. The van der Waals surface area contributed by atoms with Crippen LogP contribution >= 0.6 is 18.2 Å². The van der Waals surface area contributed by atoms with E-state index in [1.807, 2.05) is 27.7 Å². The summed E-state index contributed by atoms with van der Waals surface area (Å²) in [7, 11) is 0. The summed E-state index contributed by atoms with van der Waals surface area (Å²) in [6, 6.07) is 0.682. The average molecular weight is 349 g/mol. The van der Waals surface area contributed by atoms with Gasteiger partial charge in [-0.1, -0.05) is 6.42 Å². The minimum absolute atomic E-state index is 0.0744. The Hall–Kier alpha value is 0.460. The molecule has 2 heterocycles. The second kappa shape index (κ2) is 8.53. The summed E-state index contributed by atoms with van der Waals surface area (Å²) in [6.07, 6.45) is 6.34. The fraction of sp³-hybridized carbons (Fsp3) is 1.00. The van der Waals surface area contributed by atoms with E-state index < -0.39 is 6.80 Å². The summed E-state index contributed by atoms with van der Waals surface area (Å²) in [5, 5.41) is 0. The highest BCUT2D eigenvalue weighted by molar-refractivity contribution is 8.55. The second-order valence-electron chi connectivity index (χ2n) is 7.05. The van der Waals surface area contributed by atoms with E-state index in [2.05, 4.69) is 4.90 Å². The van der Waals surface area contributed by atoms with Crippen molar-refractivity contribution in [2.45, 2.75) is 78.0 Å². The molecular formula is C16H32NO3PS. The molecule has 4 nitrogen and oxygen atoms in total. The van der Waals surface area contributed by atoms with Gasteiger partial charge >= 0.3 is 6.80 Å². The van der Waals surface area contributed by atoms with Crippen LogP contribution in [0.1, 0.15) is 59.8 Å². The van der Waals surface area contributed by atoms with E-state index in [0.29, 0.717) is 12.0 Å². The maximum atomic E-state index is 12.9. The molecule has 2 rings (SSSR count). The zero-order valence-electron chi connectivity index (χ0n) is 14.5. The molecule has 0 radical (unpaired) electrons. The van der Waals surface area contributed by atoms with E-state index in [1.165, 1.54) is 56.6 Å². The average Bonchev–Trinajstić information content (AvgIpc) is 2.43. The largest absolute Gasteiger partial charge is 0.389 e. The topological polar surface area (TPSA) is 38.8 Å². The van der Waals surface area contributed by atoms with Crippen LogP contribution in [0.3, 0.4) is 0 Å². The summed E-state index contributed by atoms with van der Waals surface area (Å²) in [6.45, 7) is 7.11. The Kier molecular flexibility index (Phi) is 7.28. The maximum absolute atomic E-state index is 12.9. The molecule has 2 atom stereocenters. The first-order chi connectivity index (χ1) is 10.4. The van der Waals surface area contributed by atoms with E-state index in [9.17, 15) is 4.57 Å². The van der Waals surface area contributed by atoms with Crippen LogP contribution < -0.4 is 0 Å². The molecule has 22 heavy (non-hydrogen) atoms. The summed E-state index contributed by atoms with van der Waals surface area (Å²) >= 11 is 1.43. The second-order valence-corrected chi connectivity index (χ2v) is 11.1. The quantitative estimate of drug-likeness (QED) is 0.609. The summed E-state index contributed by atoms with van der Waals surface area (Å²) in [4.78, 5) is 2.65. The third kappa shape index (κ3) is 5.52. The predicted octanol–water partition coefficient (Wildman–Crippen LogP) is 4.94. The minimum Gasteiger partial charge on any atom is -0.300 e. The van der Waals surface area contributed by atoms with Crippen LogP contribution in [0.4, 0.5) is 0 Å². The van der Waals surface area contributed by atoms with Gasteiger partial charge < -0.3 is 4.90 Å². The number of piperidine rings is 2. The first-order valence-electron chi connectivity index (χ1n) is 8.75. The predicted molar refractivity (Wildman–Crippen MR) is 94.4 cm³/mol. The van der Waals surface area contributed by atoms with Gasteiger partial charge in [-0.3, -0.25) is 9.05 Å². The monoisotopic (exact) mass is 349 g/mol. The minimum atomic E-state index is -3.05. The molecular weight excluding hydrogens is 317 g/mol. The Labute approximate surface area is 140 Å². The van der Waals surface area contributed by atoms with Crippen LogP contribution in [0.25, 0.3) is 0 Å². The van der Waals surface area contributed by atoms with E-state index in [-0.39, 0.29) is 12.2 Å². The molecule has 0 N–H and O–H groups in total. The van der Waals surface area contributed by atoms with Gasteiger partial charge in [0.1, 0.15) is 0 Å². The highest BCUT2D eigenvalue weighted by atomic mass is 32.7. The lowest BCUT2D eigenvalue weighted by molar-refractivity contribution is 0.0693. The Morgan fingerprint density at radius 3 is 2.32 bits per heavy atom. The SMILES string of the molecule is CC(C)OP(=O)(OC(C)C)SCC1CCCN2CCCCC12. The van der Waals surface area contributed by atoms with Gasteiger partial charge in [-0.15, -0.1) is 0 Å². The van der Waals surface area contributed by atoms with Gasteiger partial charge in [-0.2, -0.15) is 0 Å². The third-order valence-electron chi connectivity index (χ3n) is 4.36. The number of nitrogens with zero attached hydrogens (tertiary/aromatic N) is 1. The van der Waals surface area contributed by atoms with Crippen molar-refractivity contribution < 1.29 is 13.6 Å². The van der Waals surface area contributed by atoms with Gasteiger partial charge in [-0.25, -0.2) is 4.57 Å².